The number of alkyl carbamates (subject to hydrolysis) is 1. The highest BCUT2D eigenvalue weighted by Gasteiger charge is 2.36. The molecule has 1 aromatic heterocycles. The molecule has 3 atom stereocenters. The van der Waals surface area contributed by atoms with Crippen molar-refractivity contribution in [2.45, 2.75) is 89.9 Å². The minimum absolute atomic E-state index is 0.0315. The molecule has 12 nitrogen and oxygen atoms in total. The van der Waals surface area contributed by atoms with Gasteiger partial charge in [0.1, 0.15) is 29.7 Å². The Labute approximate surface area is 275 Å². The summed E-state index contributed by atoms with van der Waals surface area (Å²) in [5, 5.41) is 12.5. The normalized spacial score (nSPS) is 22.1. The van der Waals surface area contributed by atoms with Crippen LogP contribution in [0.3, 0.4) is 0 Å². The number of aryl methyl sites for hydroxylation is 1. The number of rotatable bonds is 11. The summed E-state index contributed by atoms with van der Waals surface area (Å²) in [6, 6.07) is 4.19. The van der Waals surface area contributed by atoms with Gasteiger partial charge in [0.05, 0.1) is 5.69 Å². The van der Waals surface area contributed by atoms with Gasteiger partial charge >= 0.3 is 6.09 Å². The average Bonchev–Trinajstić information content (AvgIpc) is 3.74. The molecule has 1 saturated heterocycles. The van der Waals surface area contributed by atoms with E-state index in [2.05, 4.69) is 32.9 Å². The van der Waals surface area contributed by atoms with Gasteiger partial charge in [-0.05, 0) is 75.3 Å². The SMILES string of the molecule is CCn1nccc1C(=O)N[C@H](C(=O)Nc1ccc([C@H](C)[C@@H](NC(=O)OC2CC2)C(=O)N2CCN(C)CC2)cc1F)C1CCC(C)CC1. The van der Waals surface area contributed by atoms with E-state index in [0.717, 1.165) is 38.5 Å². The van der Waals surface area contributed by atoms with Crippen LogP contribution in [-0.4, -0.2) is 94.8 Å². The van der Waals surface area contributed by atoms with Crippen molar-refractivity contribution in [1.29, 1.82) is 0 Å². The zero-order valence-electron chi connectivity index (χ0n) is 27.8. The van der Waals surface area contributed by atoms with Gasteiger partial charge in [0, 0.05) is 44.8 Å². The van der Waals surface area contributed by atoms with Gasteiger partial charge < -0.3 is 30.5 Å². The molecule has 256 valence electrons. The Hall–Kier alpha value is -4.00. The Morgan fingerprint density at radius 1 is 1.00 bits per heavy atom. The Morgan fingerprint density at radius 2 is 1.70 bits per heavy atom. The van der Waals surface area contributed by atoms with Gasteiger partial charge in [0.15, 0.2) is 0 Å². The van der Waals surface area contributed by atoms with E-state index in [-0.39, 0.29) is 23.6 Å². The highest BCUT2D eigenvalue weighted by Crippen LogP contribution is 2.32. The van der Waals surface area contributed by atoms with Crippen LogP contribution in [0.15, 0.2) is 30.5 Å². The zero-order chi connectivity index (χ0) is 33.7. The lowest BCUT2D eigenvalue weighted by Crippen LogP contribution is -2.55. The number of hydrogen-bond acceptors (Lipinski definition) is 7. The van der Waals surface area contributed by atoms with Gasteiger partial charge in [-0.15, -0.1) is 0 Å². The van der Waals surface area contributed by atoms with Gasteiger partial charge in [-0.2, -0.15) is 5.10 Å². The van der Waals surface area contributed by atoms with Crippen LogP contribution in [-0.2, 0) is 20.9 Å². The number of halogens is 1. The lowest BCUT2D eigenvalue weighted by atomic mass is 9.79. The molecule has 3 aliphatic rings. The quantitative estimate of drug-likeness (QED) is 0.336. The molecule has 0 spiro atoms. The topological polar surface area (TPSA) is 138 Å². The van der Waals surface area contributed by atoms with Crippen molar-refractivity contribution in [1.82, 2.24) is 30.2 Å². The van der Waals surface area contributed by atoms with Gasteiger partial charge in [-0.25, -0.2) is 9.18 Å². The lowest BCUT2D eigenvalue weighted by Gasteiger charge is -2.36. The van der Waals surface area contributed by atoms with E-state index in [9.17, 15) is 19.2 Å². The fourth-order valence-corrected chi connectivity index (χ4v) is 6.45. The molecule has 2 aromatic rings. The molecule has 3 N–H and O–H groups in total. The minimum Gasteiger partial charge on any atom is -0.446 e. The Morgan fingerprint density at radius 3 is 2.34 bits per heavy atom. The van der Waals surface area contributed by atoms with Gasteiger partial charge in [0.25, 0.3) is 5.91 Å². The van der Waals surface area contributed by atoms with E-state index in [1.165, 1.54) is 12.1 Å². The number of carbonyl (C=O) groups is 4. The summed E-state index contributed by atoms with van der Waals surface area (Å²) in [5.41, 5.74) is 0.809. The number of benzene rings is 1. The van der Waals surface area contributed by atoms with Crippen LogP contribution >= 0.6 is 0 Å². The third kappa shape index (κ3) is 8.68. The van der Waals surface area contributed by atoms with E-state index in [1.807, 2.05) is 14.0 Å². The first-order chi connectivity index (χ1) is 22.5. The number of nitrogens with zero attached hydrogens (tertiary/aromatic N) is 4. The van der Waals surface area contributed by atoms with Crippen LogP contribution in [0.2, 0.25) is 0 Å². The number of hydrogen-bond donors (Lipinski definition) is 3. The molecule has 5 rings (SSSR count). The number of aromatic nitrogens is 2. The van der Waals surface area contributed by atoms with Crippen molar-refractivity contribution in [2.75, 3.05) is 38.5 Å². The first-order valence-corrected chi connectivity index (χ1v) is 16.9. The number of nitrogens with one attached hydrogen (secondary N) is 3. The third-order valence-corrected chi connectivity index (χ3v) is 9.78. The van der Waals surface area contributed by atoms with E-state index in [1.54, 1.807) is 34.8 Å². The lowest BCUT2D eigenvalue weighted by molar-refractivity contribution is -0.135. The van der Waals surface area contributed by atoms with Gasteiger partial charge in [0.2, 0.25) is 11.8 Å². The monoisotopic (exact) mass is 653 g/mol. The molecule has 4 amide bonds. The van der Waals surface area contributed by atoms with E-state index in [0.29, 0.717) is 49.9 Å². The Kier molecular flexibility index (Phi) is 11.2. The van der Waals surface area contributed by atoms with E-state index in [4.69, 9.17) is 4.74 Å². The molecule has 1 aromatic carbocycles. The predicted molar refractivity (Wildman–Crippen MR) is 174 cm³/mol. The van der Waals surface area contributed by atoms with Crippen molar-refractivity contribution in [3.63, 3.8) is 0 Å². The minimum atomic E-state index is -0.964. The number of carbonyl (C=O) groups excluding carboxylic acids is 4. The number of ether oxygens (including phenoxy) is 1. The largest absolute Gasteiger partial charge is 0.446 e. The summed E-state index contributed by atoms with van der Waals surface area (Å²) in [5.74, 6) is -1.98. The van der Waals surface area contributed by atoms with Crippen LogP contribution in [0.1, 0.15) is 81.3 Å². The van der Waals surface area contributed by atoms with E-state index >= 15 is 4.39 Å². The van der Waals surface area contributed by atoms with Crippen molar-refractivity contribution in [3.05, 3.63) is 47.5 Å². The van der Waals surface area contributed by atoms with Crippen LogP contribution < -0.4 is 16.0 Å². The predicted octanol–water partition coefficient (Wildman–Crippen LogP) is 3.74. The molecule has 2 aliphatic carbocycles. The first kappa shape index (κ1) is 34.3. The summed E-state index contributed by atoms with van der Waals surface area (Å²) < 4.78 is 22.6. The van der Waals surface area contributed by atoms with Crippen molar-refractivity contribution in [3.8, 4) is 0 Å². The van der Waals surface area contributed by atoms with E-state index < -0.39 is 41.7 Å². The second kappa shape index (κ2) is 15.3. The third-order valence-electron chi connectivity index (χ3n) is 9.78. The summed E-state index contributed by atoms with van der Waals surface area (Å²) in [4.78, 5) is 57.1. The maximum Gasteiger partial charge on any atom is 0.408 e. The number of likely N-dealkylation sites (N-methyl/N-ethyl adjacent to an activating group) is 1. The average molecular weight is 654 g/mol. The van der Waals surface area contributed by atoms with Gasteiger partial charge in [-0.1, -0.05) is 32.8 Å². The molecule has 47 heavy (non-hydrogen) atoms. The summed E-state index contributed by atoms with van der Waals surface area (Å²) in [6.45, 7) is 8.80. The highest BCUT2D eigenvalue weighted by atomic mass is 19.1. The van der Waals surface area contributed by atoms with Crippen molar-refractivity contribution >= 4 is 29.5 Å². The van der Waals surface area contributed by atoms with Crippen molar-refractivity contribution < 1.29 is 28.3 Å². The number of piperazine rings is 1. The van der Waals surface area contributed by atoms with Crippen LogP contribution in [0.5, 0.6) is 0 Å². The first-order valence-electron chi connectivity index (χ1n) is 16.9. The smallest absolute Gasteiger partial charge is 0.408 e. The molecule has 1 aliphatic heterocycles. The molecule has 2 saturated carbocycles. The molecule has 13 heteroatoms. The molecular formula is C34H48FN7O5. The maximum atomic E-state index is 15.7. The Bertz CT molecular complexity index is 1430. The standard InChI is InChI=1S/C34H48FN7O5/c1-5-42-28(14-15-36-42)31(43)38-30(23-8-6-21(2)7-9-23)32(44)37-27-13-10-24(20-26(27)35)22(3)29(39-34(46)47-25-11-12-25)33(45)41-18-16-40(4)17-19-41/h10,13-15,20-23,25,29-30H,5-9,11-12,16-19H2,1-4H3,(H,37,44)(H,38,43)(H,39,46)/t21?,22-,23?,29+,30-/m0/s1. The molecule has 0 unspecified atom stereocenters. The number of amides is 4. The second-order valence-corrected chi connectivity index (χ2v) is 13.4. The molecule has 0 radical (unpaired) electrons. The van der Waals surface area contributed by atoms with Crippen molar-refractivity contribution in [2.24, 2.45) is 11.8 Å². The maximum absolute atomic E-state index is 15.7. The molecular weight excluding hydrogens is 605 g/mol. The highest BCUT2D eigenvalue weighted by molar-refractivity contribution is 6.00. The molecule has 0 bridgehead atoms. The summed E-state index contributed by atoms with van der Waals surface area (Å²) in [7, 11) is 1.99. The fourth-order valence-electron chi connectivity index (χ4n) is 6.45. The van der Waals surface area contributed by atoms with Crippen LogP contribution in [0, 0.1) is 17.7 Å². The molecule has 2 heterocycles. The van der Waals surface area contributed by atoms with Crippen LogP contribution in [0.4, 0.5) is 14.9 Å². The van der Waals surface area contributed by atoms with Gasteiger partial charge in [-0.3, -0.25) is 19.1 Å². The molecule has 3 fully saturated rings. The number of anilines is 1. The summed E-state index contributed by atoms with van der Waals surface area (Å²) >= 11 is 0. The van der Waals surface area contributed by atoms with Crippen LogP contribution in [0.25, 0.3) is 0 Å². The second-order valence-electron chi connectivity index (χ2n) is 13.4. The summed E-state index contributed by atoms with van der Waals surface area (Å²) in [6.07, 6.45) is 5.76. The Balaban J connectivity index is 1.31. The zero-order valence-corrected chi connectivity index (χ0v) is 27.8. The fraction of sp³-hybridized carbons (Fsp3) is 0.618.